The first kappa shape index (κ1) is 10.6. The van der Waals surface area contributed by atoms with Crippen LogP contribution >= 0.6 is 22.4 Å². The zero-order chi connectivity index (χ0) is 9.24. The molecular weight excluding hydrogens is 223 g/mol. The molecule has 0 saturated carbocycles. The third-order valence-corrected chi connectivity index (χ3v) is 4.00. The summed E-state index contributed by atoms with van der Waals surface area (Å²) in [6, 6.07) is 0. The molecule has 0 spiro atoms. The second-order valence-electron chi connectivity index (χ2n) is 2.95. The number of hydrogen-bond donors (Lipinski definition) is 0. The predicted molar refractivity (Wildman–Crippen MR) is 50.0 cm³/mol. The lowest BCUT2D eigenvalue weighted by molar-refractivity contribution is 0.180. The van der Waals surface area contributed by atoms with E-state index in [0.717, 1.165) is 0 Å². The molecule has 1 aliphatic heterocycles. The molecule has 6 heteroatoms. The number of halogens is 2. The fourth-order valence-electron chi connectivity index (χ4n) is 1.19. The Hall–Kier alpha value is 0.520. The van der Waals surface area contributed by atoms with Crippen molar-refractivity contribution in [1.29, 1.82) is 0 Å². The molecule has 1 saturated heterocycles. The van der Waals surface area contributed by atoms with Crippen LogP contribution in [-0.2, 0) is 9.05 Å². The van der Waals surface area contributed by atoms with Crippen molar-refractivity contribution in [2.45, 2.75) is 18.5 Å². The minimum atomic E-state index is -3.69. The Balaban J connectivity index is 2.59. The molecule has 0 radical (unpaired) electrons. The van der Waals surface area contributed by atoms with Gasteiger partial charge < -0.3 is 0 Å². The molecule has 1 fully saturated rings. The molecule has 0 aliphatic carbocycles. The minimum absolute atomic E-state index is 0.295. The van der Waals surface area contributed by atoms with E-state index >= 15 is 0 Å². The highest BCUT2D eigenvalue weighted by Crippen LogP contribution is 2.32. The molecule has 0 amide bonds. The molecule has 0 aromatic heterocycles. The van der Waals surface area contributed by atoms with Crippen LogP contribution in [0.15, 0.2) is 0 Å². The smallest absolute Gasteiger partial charge is 0.235 e. The maximum Gasteiger partial charge on any atom is 0.235 e. The van der Waals surface area contributed by atoms with Crippen LogP contribution in [0.5, 0.6) is 0 Å². The van der Waals surface area contributed by atoms with E-state index in [1.54, 1.807) is 11.8 Å². The maximum absolute atomic E-state index is 13.6. The molecule has 0 aromatic carbocycles. The van der Waals surface area contributed by atoms with Gasteiger partial charge in [0.25, 0.3) is 0 Å². The van der Waals surface area contributed by atoms with Gasteiger partial charge in [-0.25, -0.2) is 12.8 Å². The van der Waals surface area contributed by atoms with Crippen LogP contribution in [0.1, 0.15) is 12.8 Å². The second kappa shape index (κ2) is 3.72. The quantitative estimate of drug-likeness (QED) is 0.681. The van der Waals surface area contributed by atoms with Gasteiger partial charge in [0.2, 0.25) is 9.05 Å². The Morgan fingerprint density at radius 3 is 2.33 bits per heavy atom. The van der Waals surface area contributed by atoms with Crippen molar-refractivity contribution in [3.63, 3.8) is 0 Å². The molecule has 0 atom stereocenters. The first-order chi connectivity index (χ1) is 5.41. The maximum atomic E-state index is 13.6. The first-order valence-corrected chi connectivity index (χ1v) is 7.24. The fourth-order valence-corrected chi connectivity index (χ4v) is 3.91. The molecule has 72 valence electrons. The summed E-state index contributed by atoms with van der Waals surface area (Å²) >= 11 is 1.65. The van der Waals surface area contributed by atoms with Crippen molar-refractivity contribution < 1.29 is 12.8 Å². The van der Waals surface area contributed by atoms with Crippen molar-refractivity contribution in [3.8, 4) is 0 Å². The fraction of sp³-hybridized carbons (Fsp3) is 1.00. The van der Waals surface area contributed by atoms with Crippen LogP contribution in [0.2, 0.25) is 0 Å². The van der Waals surface area contributed by atoms with Gasteiger partial charge in [-0.1, -0.05) is 0 Å². The molecule has 0 bridgehead atoms. The average molecular weight is 233 g/mol. The average Bonchev–Trinajstić information content (AvgIpc) is 1.83. The van der Waals surface area contributed by atoms with E-state index in [0.29, 0.717) is 24.3 Å². The summed E-state index contributed by atoms with van der Waals surface area (Å²) in [6.07, 6.45) is 0.591. The summed E-state index contributed by atoms with van der Waals surface area (Å²) in [5.41, 5.74) is -1.58. The van der Waals surface area contributed by atoms with Crippen molar-refractivity contribution >= 4 is 31.5 Å². The van der Waals surface area contributed by atoms with E-state index in [4.69, 9.17) is 10.7 Å². The Bertz CT molecular complexity index is 246. The van der Waals surface area contributed by atoms with Gasteiger partial charge in [-0.15, -0.1) is 0 Å². The monoisotopic (exact) mass is 232 g/mol. The summed E-state index contributed by atoms with van der Waals surface area (Å²) in [5, 5.41) is 0. The lowest BCUT2D eigenvalue weighted by Crippen LogP contribution is -2.34. The van der Waals surface area contributed by atoms with Gasteiger partial charge in [-0.3, -0.25) is 0 Å². The molecule has 12 heavy (non-hydrogen) atoms. The van der Waals surface area contributed by atoms with E-state index in [-0.39, 0.29) is 0 Å². The third-order valence-electron chi connectivity index (χ3n) is 1.82. The summed E-state index contributed by atoms with van der Waals surface area (Å²) in [5.74, 6) is 0.827. The van der Waals surface area contributed by atoms with Crippen molar-refractivity contribution in [2.24, 2.45) is 0 Å². The van der Waals surface area contributed by atoms with Crippen molar-refractivity contribution in [1.82, 2.24) is 0 Å². The number of rotatable bonds is 2. The van der Waals surface area contributed by atoms with Gasteiger partial charge in [0.1, 0.15) is 5.67 Å². The van der Waals surface area contributed by atoms with Crippen LogP contribution in [0.25, 0.3) is 0 Å². The van der Waals surface area contributed by atoms with Gasteiger partial charge >= 0.3 is 0 Å². The largest absolute Gasteiger partial charge is 0.243 e. The zero-order valence-corrected chi connectivity index (χ0v) is 8.81. The number of thioether (sulfide) groups is 1. The van der Waals surface area contributed by atoms with E-state index in [1.165, 1.54) is 0 Å². The Morgan fingerprint density at radius 1 is 1.42 bits per heavy atom. The van der Waals surface area contributed by atoms with Crippen LogP contribution in [-0.4, -0.2) is 31.3 Å². The van der Waals surface area contributed by atoms with Crippen LogP contribution in [0, 0.1) is 0 Å². The molecule has 0 aromatic rings. The minimum Gasteiger partial charge on any atom is -0.243 e. The highest BCUT2D eigenvalue weighted by Gasteiger charge is 2.36. The zero-order valence-electron chi connectivity index (χ0n) is 6.42. The van der Waals surface area contributed by atoms with Gasteiger partial charge in [-0.2, -0.15) is 11.8 Å². The Kier molecular flexibility index (Phi) is 3.28. The summed E-state index contributed by atoms with van der Waals surface area (Å²) in [4.78, 5) is 0. The predicted octanol–water partition coefficient (Wildman–Crippen LogP) is 1.79. The van der Waals surface area contributed by atoms with Crippen LogP contribution in [0.4, 0.5) is 4.39 Å². The molecular formula is C6H10ClFO2S2. The summed E-state index contributed by atoms with van der Waals surface area (Å²) in [7, 11) is 1.29. The van der Waals surface area contributed by atoms with Gasteiger partial charge in [0.15, 0.2) is 0 Å². The number of hydrogen-bond acceptors (Lipinski definition) is 3. The molecule has 1 heterocycles. The van der Waals surface area contributed by atoms with Gasteiger partial charge in [0, 0.05) is 10.7 Å². The lowest BCUT2D eigenvalue weighted by Gasteiger charge is -2.27. The SMILES string of the molecule is O=S(=O)(Cl)CC1(F)CCSCC1. The molecule has 1 rings (SSSR count). The van der Waals surface area contributed by atoms with E-state index in [9.17, 15) is 12.8 Å². The number of alkyl halides is 1. The Morgan fingerprint density at radius 2 is 1.92 bits per heavy atom. The standard InChI is InChI=1S/C6H10ClFO2S2/c7-12(9,10)5-6(8)1-3-11-4-2-6/h1-5H2. The van der Waals surface area contributed by atoms with Crippen LogP contribution < -0.4 is 0 Å². The van der Waals surface area contributed by atoms with Crippen LogP contribution in [0.3, 0.4) is 0 Å². The van der Waals surface area contributed by atoms with Gasteiger partial charge in [0.05, 0.1) is 5.75 Å². The van der Waals surface area contributed by atoms with Gasteiger partial charge in [-0.05, 0) is 24.3 Å². The molecule has 1 aliphatic rings. The molecule has 0 N–H and O–H groups in total. The van der Waals surface area contributed by atoms with Crippen molar-refractivity contribution in [3.05, 3.63) is 0 Å². The summed E-state index contributed by atoms with van der Waals surface area (Å²) < 4.78 is 34.8. The Labute approximate surface area is 80.3 Å². The highest BCUT2D eigenvalue weighted by atomic mass is 35.7. The van der Waals surface area contributed by atoms with Crippen molar-refractivity contribution in [2.75, 3.05) is 17.3 Å². The van der Waals surface area contributed by atoms with E-state index in [2.05, 4.69) is 0 Å². The first-order valence-electron chi connectivity index (χ1n) is 3.60. The highest BCUT2D eigenvalue weighted by molar-refractivity contribution is 8.13. The lowest BCUT2D eigenvalue weighted by atomic mass is 10.0. The second-order valence-corrected chi connectivity index (χ2v) is 6.95. The summed E-state index contributed by atoms with van der Waals surface area (Å²) in [6.45, 7) is 0. The third kappa shape index (κ3) is 3.49. The molecule has 2 nitrogen and oxygen atoms in total. The topological polar surface area (TPSA) is 34.1 Å². The van der Waals surface area contributed by atoms with E-state index < -0.39 is 20.5 Å². The molecule has 0 unspecified atom stereocenters. The normalized spacial score (nSPS) is 23.8. The van der Waals surface area contributed by atoms with E-state index in [1.807, 2.05) is 0 Å².